The van der Waals surface area contributed by atoms with Gasteiger partial charge in [-0.3, -0.25) is 0 Å². The average molecular weight is 315 g/mol. The van der Waals surface area contributed by atoms with Gasteiger partial charge in [0.1, 0.15) is 11.9 Å². The number of aliphatic hydroxyl groups excluding tert-OH is 2. The van der Waals surface area contributed by atoms with E-state index in [1.165, 1.54) is 0 Å². The summed E-state index contributed by atoms with van der Waals surface area (Å²) < 4.78 is 37.5. The average Bonchev–Trinajstić information content (AvgIpc) is 2.26. The molecule has 0 aliphatic rings. The zero-order chi connectivity index (χ0) is 13.2. The van der Waals surface area contributed by atoms with Crippen molar-refractivity contribution in [3.63, 3.8) is 0 Å². The molecule has 2 unspecified atom stereocenters. The molecule has 4 N–H and O–H groups in total. The van der Waals surface area contributed by atoms with Crippen LogP contribution in [0.3, 0.4) is 0 Å². The second kappa shape index (κ2) is 5.19. The van der Waals surface area contributed by atoms with Crippen molar-refractivity contribution >= 4 is 21.7 Å². The zero-order valence-electron chi connectivity index (χ0n) is 8.45. The molecule has 0 fully saturated rings. The Labute approximate surface area is 103 Å². The smallest absolute Gasteiger partial charge is 0.389 e. The van der Waals surface area contributed by atoms with Crippen LogP contribution in [0.5, 0.6) is 0 Å². The molecule has 4 nitrogen and oxygen atoms in total. The van der Waals surface area contributed by atoms with Gasteiger partial charge in [-0.25, -0.2) is 4.98 Å². The largest absolute Gasteiger partial charge is 0.419 e. The number of nitrogen functional groups attached to an aromatic ring is 1. The number of pyridine rings is 1. The molecule has 0 amide bonds. The fourth-order valence-corrected chi connectivity index (χ4v) is 1.54. The Morgan fingerprint density at radius 2 is 2.00 bits per heavy atom. The van der Waals surface area contributed by atoms with Gasteiger partial charge in [-0.15, -0.1) is 0 Å². The highest BCUT2D eigenvalue weighted by molar-refractivity contribution is 9.09. The maximum Gasteiger partial charge on any atom is 0.419 e. The molecule has 0 saturated carbocycles. The van der Waals surface area contributed by atoms with Crippen LogP contribution >= 0.6 is 15.9 Å². The number of alkyl halides is 4. The molecule has 1 aromatic rings. The first kappa shape index (κ1) is 14.2. The van der Waals surface area contributed by atoms with Crippen molar-refractivity contribution in [2.45, 2.75) is 18.4 Å². The second-order valence-electron chi connectivity index (χ2n) is 3.37. The summed E-state index contributed by atoms with van der Waals surface area (Å²) in [5, 5.41) is 18.9. The van der Waals surface area contributed by atoms with Crippen LogP contribution in [0.1, 0.15) is 17.2 Å². The Kier molecular flexibility index (Phi) is 4.34. The maximum absolute atomic E-state index is 12.5. The van der Waals surface area contributed by atoms with Gasteiger partial charge in [-0.2, -0.15) is 13.2 Å². The molecule has 0 radical (unpaired) electrons. The molecule has 17 heavy (non-hydrogen) atoms. The molecule has 1 rings (SSSR count). The first-order valence-electron chi connectivity index (χ1n) is 4.52. The van der Waals surface area contributed by atoms with E-state index in [0.29, 0.717) is 6.07 Å². The van der Waals surface area contributed by atoms with Crippen LogP contribution in [0.25, 0.3) is 0 Å². The minimum atomic E-state index is -4.65. The number of aliphatic hydroxyl groups is 2. The topological polar surface area (TPSA) is 79.4 Å². The number of aromatic nitrogens is 1. The highest BCUT2D eigenvalue weighted by Gasteiger charge is 2.34. The molecule has 2 atom stereocenters. The number of anilines is 1. The Morgan fingerprint density at radius 1 is 1.41 bits per heavy atom. The molecule has 0 saturated heterocycles. The summed E-state index contributed by atoms with van der Waals surface area (Å²) in [6, 6.07) is 0.679. The molecular weight excluding hydrogens is 305 g/mol. The van der Waals surface area contributed by atoms with E-state index in [2.05, 4.69) is 20.9 Å². The van der Waals surface area contributed by atoms with Crippen molar-refractivity contribution in [2.24, 2.45) is 0 Å². The Morgan fingerprint density at radius 3 is 2.47 bits per heavy atom. The predicted octanol–water partition coefficient (Wildman–Crippen LogP) is 1.47. The van der Waals surface area contributed by atoms with Crippen LogP contribution in [0.4, 0.5) is 19.0 Å². The molecule has 8 heteroatoms. The van der Waals surface area contributed by atoms with E-state index in [1.807, 2.05) is 0 Å². The number of hydrogen-bond acceptors (Lipinski definition) is 4. The SMILES string of the molecule is Nc1ncc(C(O)C(O)CBr)cc1C(F)(F)F. The zero-order valence-corrected chi connectivity index (χ0v) is 10.0. The number of halogens is 4. The van der Waals surface area contributed by atoms with Gasteiger partial charge >= 0.3 is 6.18 Å². The normalized spacial score (nSPS) is 15.6. The minimum Gasteiger partial charge on any atom is -0.389 e. The molecular formula is C9H10BrF3N2O2. The number of nitrogens with two attached hydrogens (primary N) is 1. The van der Waals surface area contributed by atoms with Crippen LogP contribution in [0, 0.1) is 0 Å². The molecule has 0 spiro atoms. The lowest BCUT2D eigenvalue weighted by molar-refractivity contribution is -0.137. The van der Waals surface area contributed by atoms with E-state index < -0.39 is 29.8 Å². The molecule has 0 aromatic carbocycles. The summed E-state index contributed by atoms with van der Waals surface area (Å²) in [7, 11) is 0. The van der Waals surface area contributed by atoms with Gasteiger partial charge in [0.05, 0.1) is 11.7 Å². The van der Waals surface area contributed by atoms with E-state index in [9.17, 15) is 23.4 Å². The lowest BCUT2D eigenvalue weighted by atomic mass is 10.1. The number of nitrogens with zero attached hydrogens (tertiary/aromatic N) is 1. The molecule has 1 aromatic heterocycles. The molecule has 0 aliphatic heterocycles. The van der Waals surface area contributed by atoms with E-state index in [1.54, 1.807) is 0 Å². The van der Waals surface area contributed by atoms with Crippen molar-refractivity contribution in [1.29, 1.82) is 0 Å². The lowest BCUT2D eigenvalue weighted by Crippen LogP contribution is -2.21. The lowest BCUT2D eigenvalue weighted by Gasteiger charge is -2.17. The van der Waals surface area contributed by atoms with Crippen LogP contribution < -0.4 is 5.73 Å². The minimum absolute atomic E-state index is 0.0277. The van der Waals surface area contributed by atoms with E-state index >= 15 is 0 Å². The summed E-state index contributed by atoms with van der Waals surface area (Å²) in [4.78, 5) is 3.35. The molecule has 96 valence electrons. The monoisotopic (exact) mass is 314 g/mol. The van der Waals surface area contributed by atoms with Crippen molar-refractivity contribution in [2.75, 3.05) is 11.1 Å². The quantitative estimate of drug-likeness (QED) is 0.738. The molecule has 0 bridgehead atoms. The fourth-order valence-electron chi connectivity index (χ4n) is 1.19. The van der Waals surface area contributed by atoms with Gasteiger partial charge in [0, 0.05) is 17.1 Å². The van der Waals surface area contributed by atoms with Crippen LogP contribution in [-0.4, -0.2) is 26.6 Å². The summed E-state index contributed by atoms with van der Waals surface area (Å²) >= 11 is 2.91. The highest BCUT2D eigenvalue weighted by Crippen LogP contribution is 2.34. The van der Waals surface area contributed by atoms with Gasteiger partial charge < -0.3 is 15.9 Å². The third-order valence-corrected chi connectivity index (χ3v) is 2.77. The van der Waals surface area contributed by atoms with E-state index in [0.717, 1.165) is 6.20 Å². The Bertz CT molecular complexity index is 400. The van der Waals surface area contributed by atoms with Crippen LogP contribution in [-0.2, 0) is 6.18 Å². The summed E-state index contributed by atoms with van der Waals surface area (Å²) in [6.45, 7) is 0. The predicted molar refractivity (Wildman–Crippen MR) is 58.4 cm³/mol. The third kappa shape index (κ3) is 3.30. The van der Waals surface area contributed by atoms with Crippen molar-refractivity contribution < 1.29 is 23.4 Å². The standard InChI is InChI=1S/C9H10BrF3N2O2/c10-2-6(16)7(17)4-1-5(9(11,12)13)8(14)15-3-4/h1,3,6-7,16-17H,2H2,(H2,14,15). The third-order valence-electron chi connectivity index (χ3n) is 2.11. The van der Waals surface area contributed by atoms with Gasteiger partial charge in [0.25, 0.3) is 0 Å². The Hall–Kier alpha value is -0.860. The van der Waals surface area contributed by atoms with Gasteiger partial charge in [0.2, 0.25) is 0 Å². The van der Waals surface area contributed by atoms with Gasteiger partial charge in [-0.05, 0) is 6.07 Å². The first-order chi connectivity index (χ1) is 7.77. The van der Waals surface area contributed by atoms with Gasteiger partial charge in [0.15, 0.2) is 0 Å². The molecule has 1 heterocycles. The summed E-state index contributed by atoms with van der Waals surface area (Å²) in [6.07, 6.45) is -6.32. The number of hydrogen-bond donors (Lipinski definition) is 3. The van der Waals surface area contributed by atoms with E-state index in [4.69, 9.17) is 5.73 Å². The van der Waals surface area contributed by atoms with Crippen molar-refractivity contribution in [3.05, 3.63) is 23.4 Å². The van der Waals surface area contributed by atoms with Crippen molar-refractivity contribution in [1.82, 2.24) is 4.98 Å². The molecule has 0 aliphatic carbocycles. The van der Waals surface area contributed by atoms with Crippen LogP contribution in [0.2, 0.25) is 0 Å². The first-order valence-corrected chi connectivity index (χ1v) is 5.64. The Balaban J connectivity index is 3.13. The number of rotatable bonds is 3. The fraction of sp³-hybridized carbons (Fsp3) is 0.444. The van der Waals surface area contributed by atoms with E-state index in [-0.39, 0.29) is 10.9 Å². The highest BCUT2D eigenvalue weighted by atomic mass is 79.9. The second-order valence-corrected chi connectivity index (χ2v) is 4.01. The summed E-state index contributed by atoms with van der Waals surface area (Å²) in [5.41, 5.74) is 3.83. The van der Waals surface area contributed by atoms with Crippen molar-refractivity contribution in [3.8, 4) is 0 Å². The van der Waals surface area contributed by atoms with Crippen LogP contribution in [0.15, 0.2) is 12.3 Å². The summed E-state index contributed by atoms with van der Waals surface area (Å²) in [5.74, 6) is -0.665. The van der Waals surface area contributed by atoms with Gasteiger partial charge in [-0.1, -0.05) is 15.9 Å². The maximum atomic E-state index is 12.5.